The monoisotopic (exact) mass is 402 g/mol. The Kier molecular flexibility index (Phi) is 5.04. The number of hydrogen-bond acceptors (Lipinski definition) is 4. The van der Waals surface area contributed by atoms with Crippen molar-refractivity contribution in [3.63, 3.8) is 0 Å². The predicted octanol–water partition coefficient (Wildman–Crippen LogP) is 5.04. The van der Waals surface area contributed by atoms with Gasteiger partial charge in [0.05, 0.1) is 5.41 Å². The molecule has 3 aromatic rings. The van der Waals surface area contributed by atoms with Crippen molar-refractivity contribution in [2.75, 3.05) is 0 Å². The van der Waals surface area contributed by atoms with E-state index in [4.69, 9.17) is 0 Å². The number of hydrogen-bond donors (Lipinski definition) is 4. The fraction of sp³-hybridized carbons (Fsp3) is 0.231. The number of aliphatic hydroxyl groups is 2. The van der Waals surface area contributed by atoms with E-state index < -0.39 is 16.9 Å². The molecule has 1 aliphatic rings. The number of phenols is 2. The molecule has 0 aromatic heterocycles. The Bertz CT molecular complexity index is 1020. The maximum atomic E-state index is 10.5. The highest BCUT2D eigenvalue weighted by Gasteiger charge is 2.52. The lowest BCUT2D eigenvalue weighted by Crippen LogP contribution is -2.47. The summed E-state index contributed by atoms with van der Waals surface area (Å²) in [5.41, 5.74) is 1.36. The van der Waals surface area contributed by atoms with Crippen molar-refractivity contribution in [3.8, 4) is 11.5 Å². The van der Waals surface area contributed by atoms with Crippen LogP contribution in [0.25, 0.3) is 0 Å². The van der Waals surface area contributed by atoms with Gasteiger partial charge in [0, 0.05) is 5.41 Å². The zero-order valence-corrected chi connectivity index (χ0v) is 16.9. The van der Waals surface area contributed by atoms with Gasteiger partial charge in [-0.05, 0) is 47.7 Å². The van der Waals surface area contributed by atoms with Crippen molar-refractivity contribution < 1.29 is 20.4 Å². The summed E-state index contributed by atoms with van der Waals surface area (Å²) in [4.78, 5) is 0. The number of allylic oxidation sites excluding steroid dienone is 1. The van der Waals surface area contributed by atoms with E-state index in [2.05, 4.69) is 6.92 Å². The smallest absolute Gasteiger partial charge is 0.157 e. The van der Waals surface area contributed by atoms with Gasteiger partial charge >= 0.3 is 0 Å². The number of phenolic OH excluding ortho intramolecular Hbond substituents is 2. The first-order valence-corrected chi connectivity index (χ1v) is 10.1. The first-order valence-electron chi connectivity index (χ1n) is 10.1. The van der Waals surface area contributed by atoms with Crippen LogP contribution >= 0.6 is 0 Å². The summed E-state index contributed by atoms with van der Waals surface area (Å²) < 4.78 is 0. The van der Waals surface area contributed by atoms with Gasteiger partial charge in [0.2, 0.25) is 0 Å². The standard InChI is InChI=1S/C26H26O4/c1-25(15-14-22(28)24(30)17-25)26(18-8-4-2-5-9-18,19-10-6-3-7-11-19)20-12-13-21(27)23(29)16-20/h2-13,16-17,22,27-30H,14-15H2,1H3. The summed E-state index contributed by atoms with van der Waals surface area (Å²) in [7, 11) is 0. The van der Waals surface area contributed by atoms with Gasteiger partial charge in [-0.25, -0.2) is 0 Å². The summed E-state index contributed by atoms with van der Waals surface area (Å²) in [5.74, 6) is -0.421. The molecule has 4 rings (SSSR count). The third-order valence-corrected chi connectivity index (χ3v) is 6.42. The molecule has 0 bridgehead atoms. The molecule has 4 N–H and O–H groups in total. The van der Waals surface area contributed by atoms with Crippen LogP contribution < -0.4 is 0 Å². The quantitative estimate of drug-likeness (QED) is 0.364. The Morgan fingerprint density at radius 3 is 1.83 bits per heavy atom. The minimum absolute atomic E-state index is 0.0389. The van der Waals surface area contributed by atoms with Crippen LogP contribution in [0.5, 0.6) is 11.5 Å². The molecule has 0 spiro atoms. The average molecular weight is 402 g/mol. The Hall–Kier alpha value is -3.24. The molecule has 2 unspecified atom stereocenters. The fourth-order valence-electron chi connectivity index (χ4n) is 5.00. The van der Waals surface area contributed by atoms with Crippen molar-refractivity contribution in [2.24, 2.45) is 5.41 Å². The molecule has 0 saturated heterocycles. The lowest BCUT2D eigenvalue weighted by Gasteiger charge is -2.51. The topological polar surface area (TPSA) is 80.9 Å². The second kappa shape index (κ2) is 7.54. The van der Waals surface area contributed by atoms with Crippen LogP contribution in [0.15, 0.2) is 90.7 Å². The molecule has 0 amide bonds. The predicted molar refractivity (Wildman–Crippen MR) is 117 cm³/mol. The third kappa shape index (κ3) is 3.04. The van der Waals surface area contributed by atoms with Crippen LogP contribution in [0.3, 0.4) is 0 Å². The van der Waals surface area contributed by atoms with Crippen molar-refractivity contribution >= 4 is 0 Å². The zero-order chi connectivity index (χ0) is 21.4. The minimum atomic E-state index is -0.879. The van der Waals surface area contributed by atoms with Gasteiger partial charge in [-0.2, -0.15) is 0 Å². The molecule has 0 radical (unpaired) electrons. The first-order chi connectivity index (χ1) is 14.4. The minimum Gasteiger partial charge on any atom is -0.510 e. The summed E-state index contributed by atoms with van der Waals surface area (Å²) in [5, 5.41) is 41.1. The van der Waals surface area contributed by atoms with Crippen LogP contribution in [0.2, 0.25) is 0 Å². The molecule has 1 aliphatic carbocycles. The van der Waals surface area contributed by atoms with Crippen LogP contribution in [-0.4, -0.2) is 26.5 Å². The third-order valence-electron chi connectivity index (χ3n) is 6.42. The van der Waals surface area contributed by atoms with E-state index in [1.807, 2.05) is 66.7 Å². The summed E-state index contributed by atoms with van der Waals surface area (Å²) in [6.07, 6.45) is 1.91. The van der Waals surface area contributed by atoms with E-state index in [9.17, 15) is 20.4 Å². The molecule has 2 atom stereocenters. The number of benzene rings is 3. The van der Waals surface area contributed by atoms with Crippen LogP contribution in [0.4, 0.5) is 0 Å². The maximum Gasteiger partial charge on any atom is 0.157 e. The van der Waals surface area contributed by atoms with Crippen molar-refractivity contribution in [2.45, 2.75) is 31.3 Å². The van der Waals surface area contributed by atoms with Crippen LogP contribution in [0, 0.1) is 5.41 Å². The van der Waals surface area contributed by atoms with E-state index in [1.165, 1.54) is 6.07 Å². The van der Waals surface area contributed by atoms with Crippen molar-refractivity contribution in [3.05, 3.63) is 107 Å². The zero-order valence-electron chi connectivity index (χ0n) is 16.9. The van der Waals surface area contributed by atoms with Crippen molar-refractivity contribution in [1.82, 2.24) is 0 Å². The van der Waals surface area contributed by atoms with E-state index in [0.717, 1.165) is 16.7 Å². The van der Waals surface area contributed by atoms with Crippen LogP contribution in [0.1, 0.15) is 36.5 Å². The molecular weight excluding hydrogens is 376 g/mol. The Balaban J connectivity index is 2.14. The second-order valence-corrected chi connectivity index (χ2v) is 8.23. The summed E-state index contributed by atoms with van der Waals surface area (Å²) in [6, 6.07) is 24.8. The summed E-state index contributed by atoms with van der Waals surface area (Å²) in [6.45, 7) is 2.07. The van der Waals surface area contributed by atoms with Gasteiger partial charge in [0.15, 0.2) is 11.5 Å². The molecule has 30 heavy (non-hydrogen) atoms. The molecule has 0 heterocycles. The highest BCUT2D eigenvalue weighted by Crippen LogP contribution is 2.57. The normalized spacial score (nSPS) is 21.8. The van der Waals surface area contributed by atoms with E-state index >= 15 is 0 Å². The Morgan fingerprint density at radius 2 is 1.33 bits per heavy atom. The van der Waals surface area contributed by atoms with Gasteiger partial charge in [0.1, 0.15) is 11.9 Å². The molecular formula is C26H26O4. The van der Waals surface area contributed by atoms with E-state index in [-0.39, 0.29) is 17.3 Å². The maximum absolute atomic E-state index is 10.5. The molecule has 0 saturated carbocycles. The highest BCUT2D eigenvalue weighted by atomic mass is 16.3. The SMILES string of the molecule is CC1(C(c2ccccc2)(c2ccccc2)c2ccc(O)c(O)c2)C=C(O)C(O)CC1. The molecule has 154 valence electrons. The Labute approximate surface area is 176 Å². The molecule has 0 fully saturated rings. The second-order valence-electron chi connectivity index (χ2n) is 8.23. The number of aliphatic hydroxyl groups excluding tert-OH is 2. The van der Waals surface area contributed by atoms with Crippen molar-refractivity contribution in [1.29, 1.82) is 0 Å². The largest absolute Gasteiger partial charge is 0.510 e. The molecule has 0 aliphatic heterocycles. The summed E-state index contributed by atoms with van der Waals surface area (Å²) >= 11 is 0. The molecule has 4 heteroatoms. The fourth-order valence-corrected chi connectivity index (χ4v) is 5.00. The lowest BCUT2D eigenvalue weighted by molar-refractivity contribution is 0.0957. The Morgan fingerprint density at radius 1 is 0.767 bits per heavy atom. The lowest BCUT2D eigenvalue weighted by atomic mass is 9.51. The van der Waals surface area contributed by atoms with E-state index in [1.54, 1.807) is 12.1 Å². The number of rotatable bonds is 4. The number of aromatic hydroxyl groups is 2. The van der Waals surface area contributed by atoms with Gasteiger partial charge < -0.3 is 20.4 Å². The average Bonchev–Trinajstić information content (AvgIpc) is 2.75. The highest BCUT2D eigenvalue weighted by molar-refractivity contribution is 5.57. The van der Waals surface area contributed by atoms with Gasteiger partial charge in [-0.3, -0.25) is 0 Å². The molecule has 3 aromatic carbocycles. The van der Waals surface area contributed by atoms with E-state index in [0.29, 0.717) is 12.8 Å². The van der Waals surface area contributed by atoms with Crippen LogP contribution in [-0.2, 0) is 5.41 Å². The molecule has 4 nitrogen and oxygen atoms in total. The van der Waals surface area contributed by atoms with Gasteiger partial charge in [-0.15, -0.1) is 0 Å². The first kappa shape index (κ1) is 20.0. The van der Waals surface area contributed by atoms with Gasteiger partial charge in [0.25, 0.3) is 0 Å². The van der Waals surface area contributed by atoms with Gasteiger partial charge in [-0.1, -0.05) is 73.7 Å².